The van der Waals surface area contributed by atoms with E-state index in [1.807, 2.05) is 6.07 Å². The van der Waals surface area contributed by atoms with Crippen LogP contribution in [-0.4, -0.2) is 57.2 Å². The molecule has 2 aromatic rings. The van der Waals surface area contributed by atoms with Gasteiger partial charge in [0.1, 0.15) is 5.82 Å². The van der Waals surface area contributed by atoms with E-state index < -0.39 is 0 Å². The Labute approximate surface area is 154 Å². The first-order valence-corrected chi connectivity index (χ1v) is 8.41. The van der Waals surface area contributed by atoms with Crippen LogP contribution >= 0.6 is 0 Å². The monoisotopic (exact) mass is 358 g/mol. The number of hydrogen-bond donors (Lipinski definition) is 2. The quantitative estimate of drug-likeness (QED) is 0.671. The Morgan fingerprint density at radius 2 is 1.88 bits per heavy atom. The first kappa shape index (κ1) is 19.5. The summed E-state index contributed by atoms with van der Waals surface area (Å²) in [5.74, 6) is 1.31. The number of nitrogens with zero attached hydrogens (tertiary/aromatic N) is 2. The van der Waals surface area contributed by atoms with Crippen LogP contribution in [0.3, 0.4) is 0 Å². The number of pyridine rings is 1. The topological polar surface area (TPSA) is 75.7 Å². The summed E-state index contributed by atoms with van der Waals surface area (Å²) in [7, 11) is 7.19. The van der Waals surface area contributed by atoms with Crippen LogP contribution in [0, 0.1) is 0 Å². The van der Waals surface area contributed by atoms with Crippen LogP contribution < -0.4 is 20.1 Å². The second kappa shape index (κ2) is 9.62. The normalized spacial score (nSPS) is 10.5. The molecule has 0 aliphatic heterocycles. The zero-order valence-corrected chi connectivity index (χ0v) is 15.7. The highest BCUT2D eigenvalue weighted by molar-refractivity contribution is 6.04. The fourth-order valence-electron chi connectivity index (χ4n) is 2.37. The zero-order valence-electron chi connectivity index (χ0n) is 15.7. The molecular weight excluding hydrogens is 332 g/mol. The molecule has 0 saturated carbocycles. The van der Waals surface area contributed by atoms with Gasteiger partial charge in [-0.2, -0.15) is 0 Å². The van der Waals surface area contributed by atoms with E-state index in [0.29, 0.717) is 22.9 Å². The predicted octanol–water partition coefficient (Wildman–Crippen LogP) is 2.71. The number of amides is 1. The van der Waals surface area contributed by atoms with Gasteiger partial charge in [-0.3, -0.25) is 4.79 Å². The standard InChI is InChI=1S/C19H26N4O3/c1-23(2)11-5-10-20-15-7-9-18(21-13-15)22-19(24)14-6-8-16(25-3)17(12-14)26-4/h6-9,12-13,20H,5,10-11H2,1-4H3,(H,21,22,24). The number of methoxy groups -OCH3 is 2. The molecule has 0 radical (unpaired) electrons. The molecule has 1 aromatic carbocycles. The lowest BCUT2D eigenvalue weighted by Gasteiger charge is -2.11. The Morgan fingerprint density at radius 3 is 2.50 bits per heavy atom. The van der Waals surface area contributed by atoms with Crippen molar-refractivity contribution in [2.75, 3.05) is 52.0 Å². The third-order valence-corrected chi connectivity index (χ3v) is 3.76. The molecule has 0 aliphatic carbocycles. The first-order valence-electron chi connectivity index (χ1n) is 8.41. The average Bonchev–Trinajstić information content (AvgIpc) is 2.65. The van der Waals surface area contributed by atoms with E-state index in [-0.39, 0.29) is 5.91 Å². The Bertz CT molecular complexity index is 717. The van der Waals surface area contributed by atoms with E-state index in [0.717, 1.165) is 25.2 Å². The molecule has 7 nitrogen and oxygen atoms in total. The number of aromatic nitrogens is 1. The van der Waals surface area contributed by atoms with Crippen molar-refractivity contribution in [2.24, 2.45) is 0 Å². The van der Waals surface area contributed by atoms with Crippen molar-refractivity contribution in [1.29, 1.82) is 0 Å². The van der Waals surface area contributed by atoms with Crippen LogP contribution in [0.2, 0.25) is 0 Å². The van der Waals surface area contributed by atoms with E-state index in [4.69, 9.17) is 9.47 Å². The Balaban J connectivity index is 1.93. The second-order valence-corrected chi connectivity index (χ2v) is 6.04. The molecular formula is C19H26N4O3. The minimum atomic E-state index is -0.259. The SMILES string of the molecule is COc1ccc(C(=O)Nc2ccc(NCCCN(C)C)cn2)cc1OC. The molecule has 7 heteroatoms. The molecule has 0 bridgehead atoms. The van der Waals surface area contributed by atoms with E-state index in [1.165, 1.54) is 7.11 Å². The first-order chi connectivity index (χ1) is 12.5. The average molecular weight is 358 g/mol. The van der Waals surface area contributed by atoms with Crippen LogP contribution in [0.25, 0.3) is 0 Å². The van der Waals surface area contributed by atoms with Gasteiger partial charge in [0.25, 0.3) is 5.91 Å². The van der Waals surface area contributed by atoms with Crippen molar-refractivity contribution in [3.63, 3.8) is 0 Å². The molecule has 0 aliphatic rings. The molecule has 2 rings (SSSR count). The highest BCUT2D eigenvalue weighted by Gasteiger charge is 2.11. The van der Waals surface area contributed by atoms with Gasteiger partial charge in [0.15, 0.2) is 11.5 Å². The number of ether oxygens (including phenoxy) is 2. The smallest absolute Gasteiger partial charge is 0.256 e. The number of carbonyl (C=O) groups excluding carboxylic acids is 1. The molecule has 1 heterocycles. The summed E-state index contributed by atoms with van der Waals surface area (Å²) in [5.41, 5.74) is 1.39. The summed E-state index contributed by atoms with van der Waals surface area (Å²) in [6.07, 6.45) is 2.75. The minimum Gasteiger partial charge on any atom is -0.493 e. The number of carbonyl (C=O) groups is 1. The zero-order chi connectivity index (χ0) is 18.9. The summed E-state index contributed by atoms with van der Waals surface area (Å²) < 4.78 is 10.4. The number of hydrogen-bond acceptors (Lipinski definition) is 6. The van der Waals surface area contributed by atoms with Crippen molar-refractivity contribution < 1.29 is 14.3 Å². The molecule has 0 spiro atoms. The lowest BCUT2D eigenvalue weighted by Crippen LogP contribution is -2.16. The van der Waals surface area contributed by atoms with E-state index in [1.54, 1.807) is 37.6 Å². The number of benzene rings is 1. The molecule has 1 aromatic heterocycles. The Hall–Kier alpha value is -2.80. The lowest BCUT2D eigenvalue weighted by molar-refractivity contribution is 0.102. The van der Waals surface area contributed by atoms with E-state index in [2.05, 4.69) is 34.6 Å². The fourth-order valence-corrected chi connectivity index (χ4v) is 2.37. The third-order valence-electron chi connectivity index (χ3n) is 3.76. The van der Waals surface area contributed by atoms with Gasteiger partial charge in [0, 0.05) is 12.1 Å². The van der Waals surface area contributed by atoms with Crippen LogP contribution in [0.5, 0.6) is 11.5 Å². The second-order valence-electron chi connectivity index (χ2n) is 6.04. The van der Waals surface area contributed by atoms with Crippen LogP contribution in [0.1, 0.15) is 16.8 Å². The summed E-state index contributed by atoms with van der Waals surface area (Å²) in [4.78, 5) is 18.8. The summed E-state index contributed by atoms with van der Waals surface area (Å²) in [5, 5.41) is 6.08. The van der Waals surface area contributed by atoms with Crippen molar-refractivity contribution >= 4 is 17.4 Å². The van der Waals surface area contributed by atoms with Gasteiger partial charge in [-0.15, -0.1) is 0 Å². The Kier molecular flexibility index (Phi) is 7.23. The van der Waals surface area contributed by atoms with E-state index in [9.17, 15) is 4.79 Å². The lowest BCUT2D eigenvalue weighted by atomic mass is 10.2. The van der Waals surface area contributed by atoms with Gasteiger partial charge in [0.2, 0.25) is 0 Å². The predicted molar refractivity (Wildman–Crippen MR) is 103 cm³/mol. The van der Waals surface area contributed by atoms with Crippen LogP contribution in [-0.2, 0) is 0 Å². The molecule has 26 heavy (non-hydrogen) atoms. The molecule has 0 unspecified atom stereocenters. The van der Waals surface area contributed by atoms with Crippen molar-refractivity contribution in [2.45, 2.75) is 6.42 Å². The highest BCUT2D eigenvalue weighted by Crippen LogP contribution is 2.27. The molecule has 0 atom stereocenters. The van der Waals surface area contributed by atoms with Gasteiger partial charge >= 0.3 is 0 Å². The van der Waals surface area contributed by atoms with Gasteiger partial charge in [-0.1, -0.05) is 0 Å². The maximum Gasteiger partial charge on any atom is 0.256 e. The molecule has 0 fully saturated rings. The number of anilines is 2. The maximum atomic E-state index is 12.4. The van der Waals surface area contributed by atoms with E-state index >= 15 is 0 Å². The van der Waals surface area contributed by atoms with Crippen molar-refractivity contribution in [3.05, 3.63) is 42.1 Å². The van der Waals surface area contributed by atoms with Crippen LogP contribution in [0.4, 0.5) is 11.5 Å². The van der Waals surface area contributed by atoms with Gasteiger partial charge < -0.3 is 25.0 Å². The Morgan fingerprint density at radius 1 is 1.12 bits per heavy atom. The largest absolute Gasteiger partial charge is 0.493 e. The fraction of sp³-hybridized carbons (Fsp3) is 0.368. The highest BCUT2D eigenvalue weighted by atomic mass is 16.5. The minimum absolute atomic E-state index is 0.259. The van der Waals surface area contributed by atoms with Gasteiger partial charge in [-0.05, 0) is 57.4 Å². The summed E-state index contributed by atoms with van der Waals surface area (Å²) >= 11 is 0. The van der Waals surface area contributed by atoms with Crippen LogP contribution in [0.15, 0.2) is 36.5 Å². The van der Waals surface area contributed by atoms with Gasteiger partial charge in [0.05, 0.1) is 26.1 Å². The summed E-state index contributed by atoms with van der Waals surface area (Å²) in [6.45, 7) is 1.90. The summed E-state index contributed by atoms with van der Waals surface area (Å²) in [6, 6.07) is 8.67. The number of nitrogens with one attached hydrogen (secondary N) is 2. The molecule has 140 valence electrons. The van der Waals surface area contributed by atoms with Crippen molar-refractivity contribution in [1.82, 2.24) is 9.88 Å². The number of rotatable bonds is 9. The maximum absolute atomic E-state index is 12.4. The molecule has 0 saturated heterocycles. The third kappa shape index (κ3) is 5.63. The van der Waals surface area contributed by atoms with Crippen molar-refractivity contribution in [3.8, 4) is 11.5 Å². The molecule has 1 amide bonds. The molecule has 2 N–H and O–H groups in total. The van der Waals surface area contributed by atoms with Gasteiger partial charge in [-0.25, -0.2) is 4.98 Å².